The summed E-state index contributed by atoms with van der Waals surface area (Å²) in [7, 11) is 0. The van der Waals surface area contributed by atoms with Gasteiger partial charge in [0.2, 0.25) is 5.79 Å². The van der Waals surface area contributed by atoms with Crippen LogP contribution in [0, 0.1) is 62.6 Å². The van der Waals surface area contributed by atoms with E-state index in [0.29, 0.717) is 22.2 Å². The molecule has 5 aliphatic rings. The summed E-state index contributed by atoms with van der Waals surface area (Å²) in [5.41, 5.74) is 0.680. The maximum atomic E-state index is 11.9. The molecule has 10 atom stereocenters. The topological polar surface area (TPSA) is 46.5 Å². The van der Waals surface area contributed by atoms with Crippen LogP contribution in [0.2, 0.25) is 0 Å². The summed E-state index contributed by atoms with van der Waals surface area (Å²) in [6, 6.07) is 0. The summed E-state index contributed by atoms with van der Waals surface area (Å²) in [6.45, 7) is 21.0. The zero-order chi connectivity index (χ0) is 25.8. The van der Waals surface area contributed by atoms with Crippen LogP contribution in [0.4, 0.5) is 0 Å². The molecule has 35 heavy (non-hydrogen) atoms. The Morgan fingerprint density at radius 2 is 1.54 bits per heavy atom. The van der Waals surface area contributed by atoms with Crippen LogP contribution in [0.1, 0.15) is 114 Å². The van der Waals surface area contributed by atoms with Gasteiger partial charge in [0.25, 0.3) is 0 Å². The van der Waals surface area contributed by atoms with E-state index >= 15 is 0 Å². The Hall–Kier alpha value is -0.830. The van der Waals surface area contributed by atoms with E-state index in [0.717, 1.165) is 30.1 Å². The van der Waals surface area contributed by atoms with Gasteiger partial charge in [-0.05, 0) is 115 Å². The number of aliphatic hydroxyl groups is 1. The maximum Gasteiger partial charge on any atom is 0.305 e. The molecule has 3 nitrogen and oxygen atoms in total. The van der Waals surface area contributed by atoms with Crippen LogP contribution in [0.5, 0.6) is 0 Å². The quantitative estimate of drug-likeness (QED) is 0.247. The Kier molecular flexibility index (Phi) is 5.61. The molecular weight excluding hydrogens is 432 g/mol. The summed E-state index contributed by atoms with van der Waals surface area (Å²) in [5.74, 6) is 2.30. The van der Waals surface area contributed by atoms with Crippen LogP contribution in [0.25, 0.3) is 0 Å². The molecule has 4 fully saturated rings. The maximum absolute atomic E-state index is 11.9. The number of hydrogen-bond donors (Lipinski definition) is 1. The summed E-state index contributed by atoms with van der Waals surface area (Å²) in [6.07, 6.45) is 14.7. The highest BCUT2D eigenvalue weighted by atomic mass is 16.7. The smallest absolute Gasteiger partial charge is 0.305 e. The fraction of sp³-hybridized carbons (Fsp3) is 0.906. The summed E-state index contributed by atoms with van der Waals surface area (Å²) < 4.78 is 5.58. The van der Waals surface area contributed by atoms with Gasteiger partial charge < -0.3 is 9.84 Å². The lowest BCUT2D eigenvalue weighted by molar-refractivity contribution is -0.277. The van der Waals surface area contributed by atoms with E-state index in [9.17, 15) is 9.90 Å². The van der Waals surface area contributed by atoms with Crippen LogP contribution < -0.4 is 0 Å². The lowest BCUT2D eigenvalue weighted by Gasteiger charge is -2.72. The molecule has 0 unspecified atom stereocenters. The van der Waals surface area contributed by atoms with Crippen molar-refractivity contribution in [2.75, 3.05) is 0 Å². The van der Waals surface area contributed by atoms with E-state index in [1.54, 1.807) is 0 Å². The second kappa shape index (κ2) is 7.61. The minimum Gasteiger partial charge on any atom is -0.429 e. The summed E-state index contributed by atoms with van der Waals surface area (Å²) >= 11 is 0. The highest BCUT2D eigenvalue weighted by Gasteiger charge is 2.71. The van der Waals surface area contributed by atoms with Crippen molar-refractivity contribution in [2.24, 2.45) is 62.6 Å². The second-order valence-electron chi connectivity index (χ2n) is 15.5. The largest absolute Gasteiger partial charge is 0.429 e. The molecule has 0 aromatic carbocycles. The Balaban J connectivity index is 1.55. The van der Waals surface area contributed by atoms with Crippen LogP contribution in [-0.2, 0) is 9.53 Å². The van der Waals surface area contributed by atoms with Gasteiger partial charge in [-0.15, -0.1) is 0 Å². The Labute approximate surface area is 214 Å². The molecule has 0 aliphatic heterocycles. The van der Waals surface area contributed by atoms with Gasteiger partial charge in [0.1, 0.15) is 0 Å². The number of fused-ring (bicyclic) bond motifs is 7. The van der Waals surface area contributed by atoms with Crippen LogP contribution >= 0.6 is 0 Å². The number of esters is 1. The molecule has 0 aromatic rings. The van der Waals surface area contributed by atoms with Gasteiger partial charge in [0.05, 0.1) is 0 Å². The molecule has 0 heterocycles. The van der Waals surface area contributed by atoms with E-state index in [1.165, 1.54) is 51.9 Å². The van der Waals surface area contributed by atoms with E-state index in [-0.39, 0.29) is 11.3 Å². The number of hydrogen-bond acceptors (Lipinski definition) is 3. The monoisotopic (exact) mass is 484 g/mol. The number of carbonyl (C=O) groups is 1. The highest BCUT2D eigenvalue weighted by Crippen LogP contribution is 2.77. The number of rotatable bonds is 2. The van der Waals surface area contributed by atoms with E-state index in [2.05, 4.69) is 61.5 Å². The third kappa shape index (κ3) is 3.15. The summed E-state index contributed by atoms with van der Waals surface area (Å²) in [5, 5.41) is 11.5. The predicted octanol–water partition coefficient (Wildman–Crippen LogP) is 7.77. The predicted molar refractivity (Wildman–Crippen MR) is 141 cm³/mol. The number of allylic oxidation sites excluding steroid dienone is 1. The van der Waals surface area contributed by atoms with E-state index < -0.39 is 17.2 Å². The normalized spacial score (nSPS) is 54.4. The van der Waals surface area contributed by atoms with Gasteiger partial charge in [-0.1, -0.05) is 61.5 Å². The number of ether oxygens (including phenoxy) is 1. The minimum absolute atomic E-state index is 0.00470. The molecular formula is C32H52O3. The molecule has 3 heteroatoms. The lowest BCUT2D eigenvalue weighted by atomic mass is 9.33. The third-order valence-electron chi connectivity index (χ3n) is 13.7. The molecule has 4 saturated carbocycles. The first-order valence-electron chi connectivity index (χ1n) is 14.7. The van der Waals surface area contributed by atoms with Gasteiger partial charge >= 0.3 is 5.97 Å². The Bertz CT molecular complexity index is 920. The molecule has 5 aliphatic carbocycles. The number of carbonyl (C=O) groups excluding carboxylic acids is 1. The van der Waals surface area contributed by atoms with Crippen molar-refractivity contribution in [2.45, 2.75) is 119 Å². The highest BCUT2D eigenvalue weighted by molar-refractivity contribution is 5.66. The van der Waals surface area contributed by atoms with Crippen LogP contribution in [0.15, 0.2) is 12.2 Å². The van der Waals surface area contributed by atoms with Gasteiger partial charge in [-0.25, -0.2) is 0 Å². The zero-order valence-corrected chi connectivity index (χ0v) is 24.0. The lowest BCUT2D eigenvalue weighted by Crippen LogP contribution is -2.67. The summed E-state index contributed by atoms with van der Waals surface area (Å²) in [4.78, 5) is 11.9. The molecule has 0 spiro atoms. The molecule has 0 saturated heterocycles. The van der Waals surface area contributed by atoms with Gasteiger partial charge in [-0.3, -0.25) is 4.79 Å². The van der Waals surface area contributed by atoms with Crippen molar-refractivity contribution < 1.29 is 14.6 Å². The molecule has 0 bridgehead atoms. The van der Waals surface area contributed by atoms with Gasteiger partial charge in [0, 0.05) is 12.3 Å². The van der Waals surface area contributed by atoms with Crippen molar-refractivity contribution in [3.8, 4) is 0 Å². The standard InChI is InChI=1S/C32H52O3/c1-20(2)22-12-14-28(6)16-18-30(8)23(26(22)28)10-11-25-29(7)17-19-32(34,35-21(3)33)27(4,5)24(29)13-15-31(25,30)9/h17,19-20,22-26,34H,10-16,18H2,1-9H3/t22-,23+,24-,25+,26+,28+,29-,30+,31+,32-/m0/s1. The van der Waals surface area contributed by atoms with Crippen molar-refractivity contribution >= 4 is 5.97 Å². The Morgan fingerprint density at radius 3 is 2.17 bits per heavy atom. The molecule has 0 aromatic heterocycles. The van der Waals surface area contributed by atoms with Gasteiger partial charge in [-0.2, -0.15) is 0 Å². The van der Waals surface area contributed by atoms with E-state index in [1.807, 2.05) is 6.08 Å². The first-order chi connectivity index (χ1) is 16.1. The average molecular weight is 485 g/mol. The average Bonchev–Trinajstić information content (AvgIpc) is 3.09. The molecule has 5 rings (SSSR count). The fourth-order valence-corrected chi connectivity index (χ4v) is 11.5. The van der Waals surface area contributed by atoms with E-state index in [4.69, 9.17) is 4.74 Å². The zero-order valence-electron chi connectivity index (χ0n) is 24.0. The van der Waals surface area contributed by atoms with Crippen molar-refractivity contribution in [3.63, 3.8) is 0 Å². The molecule has 0 radical (unpaired) electrons. The molecule has 1 N–H and O–H groups in total. The minimum atomic E-state index is -1.53. The van der Waals surface area contributed by atoms with Gasteiger partial charge in [0.15, 0.2) is 0 Å². The first kappa shape index (κ1) is 25.8. The van der Waals surface area contributed by atoms with Crippen molar-refractivity contribution in [3.05, 3.63) is 12.2 Å². The molecule has 198 valence electrons. The second-order valence-corrected chi connectivity index (χ2v) is 15.5. The van der Waals surface area contributed by atoms with Crippen LogP contribution in [-0.4, -0.2) is 16.9 Å². The van der Waals surface area contributed by atoms with Crippen LogP contribution in [0.3, 0.4) is 0 Å². The Morgan fingerprint density at radius 1 is 0.857 bits per heavy atom. The SMILES string of the molecule is CC(=O)O[C@@]1(O)C=C[C@]2(C)[C@H]3CC[C@@H]4[C@H]5[C@H](C(C)C)CC[C@]5(C)CC[C@@]4(C)[C@]3(C)CC[C@H]2C1(C)C. The fourth-order valence-electron chi connectivity index (χ4n) is 11.5. The van der Waals surface area contributed by atoms with Crippen molar-refractivity contribution in [1.29, 1.82) is 0 Å². The first-order valence-corrected chi connectivity index (χ1v) is 14.7. The third-order valence-corrected chi connectivity index (χ3v) is 13.7. The molecule has 0 amide bonds. The van der Waals surface area contributed by atoms with Crippen molar-refractivity contribution in [1.82, 2.24) is 0 Å².